The van der Waals surface area contributed by atoms with Gasteiger partial charge in [-0.1, -0.05) is 12.1 Å². The number of amides is 1. The Labute approximate surface area is 109 Å². The second kappa shape index (κ2) is 5.51. The van der Waals surface area contributed by atoms with Crippen LogP contribution in [0.1, 0.15) is 15.9 Å². The summed E-state index contributed by atoms with van der Waals surface area (Å²) in [7, 11) is 0. The summed E-state index contributed by atoms with van der Waals surface area (Å²) < 4.78 is 0. The van der Waals surface area contributed by atoms with Crippen LogP contribution in [0.3, 0.4) is 0 Å². The van der Waals surface area contributed by atoms with Gasteiger partial charge in [-0.3, -0.25) is 9.78 Å². The average molecular weight is 263 g/mol. The smallest absolute Gasteiger partial charge is 0.259 e. The molecule has 1 aromatic heterocycles. The van der Waals surface area contributed by atoms with E-state index < -0.39 is 0 Å². The van der Waals surface area contributed by atoms with Gasteiger partial charge in [-0.2, -0.15) is 0 Å². The van der Waals surface area contributed by atoms with E-state index in [0.29, 0.717) is 11.6 Å². The number of aromatic nitrogens is 1. The lowest BCUT2D eigenvalue weighted by atomic mass is 10.2. The number of aromatic hydroxyl groups is 1. The van der Waals surface area contributed by atoms with Crippen molar-refractivity contribution in [2.75, 3.05) is 5.32 Å². The summed E-state index contributed by atoms with van der Waals surface area (Å²) >= 11 is 5.67. The van der Waals surface area contributed by atoms with E-state index in [1.165, 1.54) is 18.5 Å². The number of carbonyl (C=O) groups excluding carboxylic acids is 1. The Morgan fingerprint density at radius 2 is 2.00 bits per heavy atom. The first-order valence-corrected chi connectivity index (χ1v) is 5.83. The number of nitrogens with one attached hydrogen (secondary N) is 1. The van der Waals surface area contributed by atoms with Crippen LogP contribution < -0.4 is 5.32 Å². The average Bonchev–Trinajstić information content (AvgIpc) is 2.40. The highest BCUT2D eigenvalue weighted by molar-refractivity contribution is 6.17. The molecule has 0 aliphatic rings. The van der Waals surface area contributed by atoms with Crippen molar-refractivity contribution in [2.45, 2.75) is 5.88 Å². The topological polar surface area (TPSA) is 62.2 Å². The molecule has 5 heteroatoms. The first kappa shape index (κ1) is 12.4. The van der Waals surface area contributed by atoms with Crippen LogP contribution in [0.2, 0.25) is 0 Å². The van der Waals surface area contributed by atoms with Crippen molar-refractivity contribution in [3.8, 4) is 5.75 Å². The van der Waals surface area contributed by atoms with Gasteiger partial charge >= 0.3 is 0 Å². The van der Waals surface area contributed by atoms with Crippen molar-refractivity contribution in [1.29, 1.82) is 0 Å². The summed E-state index contributed by atoms with van der Waals surface area (Å²) in [4.78, 5) is 15.6. The van der Waals surface area contributed by atoms with Gasteiger partial charge in [0, 0.05) is 17.8 Å². The molecule has 2 N–H and O–H groups in total. The van der Waals surface area contributed by atoms with Gasteiger partial charge in [0.05, 0.1) is 11.8 Å². The van der Waals surface area contributed by atoms with E-state index in [2.05, 4.69) is 10.3 Å². The van der Waals surface area contributed by atoms with Crippen LogP contribution in [0, 0.1) is 0 Å². The number of nitrogens with zero attached hydrogens (tertiary/aromatic N) is 1. The largest absolute Gasteiger partial charge is 0.505 e. The molecule has 2 rings (SSSR count). The number of pyridine rings is 1. The molecule has 0 bridgehead atoms. The van der Waals surface area contributed by atoms with E-state index >= 15 is 0 Å². The molecule has 0 saturated heterocycles. The number of hydrogen-bond donors (Lipinski definition) is 2. The third-order valence-corrected chi connectivity index (χ3v) is 2.72. The van der Waals surface area contributed by atoms with Crippen LogP contribution in [0.4, 0.5) is 5.69 Å². The quantitative estimate of drug-likeness (QED) is 0.836. The predicted molar refractivity (Wildman–Crippen MR) is 69.9 cm³/mol. The van der Waals surface area contributed by atoms with Gasteiger partial charge in [0.2, 0.25) is 0 Å². The molecule has 1 aromatic carbocycles. The number of rotatable bonds is 3. The van der Waals surface area contributed by atoms with E-state index in [0.717, 1.165) is 5.56 Å². The molecule has 0 aliphatic carbocycles. The van der Waals surface area contributed by atoms with Gasteiger partial charge in [0.15, 0.2) is 0 Å². The second-order valence-electron chi connectivity index (χ2n) is 3.68. The lowest BCUT2D eigenvalue weighted by molar-refractivity contribution is 0.102. The van der Waals surface area contributed by atoms with Crippen LogP contribution in [-0.2, 0) is 5.88 Å². The van der Waals surface area contributed by atoms with E-state index in [9.17, 15) is 9.90 Å². The molecule has 0 radical (unpaired) electrons. The Morgan fingerprint density at radius 1 is 1.28 bits per heavy atom. The van der Waals surface area contributed by atoms with Crippen LogP contribution in [0.5, 0.6) is 5.75 Å². The van der Waals surface area contributed by atoms with Crippen molar-refractivity contribution >= 4 is 23.2 Å². The lowest BCUT2D eigenvalue weighted by Gasteiger charge is -2.06. The molecule has 0 fully saturated rings. The molecular weight excluding hydrogens is 252 g/mol. The fraction of sp³-hybridized carbons (Fsp3) is 0.0769. The standard InChI is InChI=1S/C13H11ClN2O2/c14-7-9-1-3-10(4-2-9)16-13(18)11-5-6-15-8-12(11)17/h1-6,8,17H,7H2,(H,16,18). The minimum atomic E-state index is -0.381. The summed E-state index contributed by atoms with van der Waals surface area (Å²) in [6.45, 7) is 0. The molecule has 0 aliphatic heterocycles. The summed E-state index contributed by atoms with van der Waals surface area (Å²) in [5, 5.41) is 12.2. The van der Waals surface area contributed by atoms with Gasteiger partial charge in [0.1, 0.15) is 5.75 Å². The van der Waals surface area contributed by atoms with Crippen molar-refractivity contribution in [3.63, 3.8) is 0 Å². The van der Waals surface area contributed by atoms with Crippen LogP contribution in [0.25, 0.3) is 0 Å². The fourth-order valence-electron chi connectivity index (χ4n) is 1.45. The van der Waals surface area contributed by atoms with Gasteiger partial charge in [-0.05, 0) is 23.8 Å². The molecule has 2 aromatic rings. The van der Waals surface area contributed by atoms with Crippen molar-refractivity contribution < 1.29 is 9.90 Å². The van der Waals surface area contributed by atoms with E-state index in [4.69, 9.17) is 11.6 Å². The molecular formula is C13H11ClN2O2. The van der Waals surface area contributed by atoms with Gasteiger partial charge in [0.25, 0.3) is 5.91 Å². The summed E-state index contributed by atoms with van der Waals surface area (Å²) in [6, 6.07) is 8.63. The Bertz CT molecular complexity index is 555. The number of alkyl halides is 1. The monoisotopic (exact) mass is 262 g/mol. The van der Waals surface area contributed by atoms with Gasteiger partial charge < -0.3 is 10.4 Å². The zero-order valence-electron chi connectivity index (χ0n) is 9.43. The third kappa shape index (κ3) is 2.78. The van der Waals surface area contributed by atoms with Gasteiger partial charge in [-0.15, -0.1) is 11.6 Å². The molecule has 1 heterocycles. The van der Waals surface area contributed by atoms with E-state index in [1.807, 2.05) is 12.1 Å². The lowest BCUT2D eigenvalue weighted by Crippen LogP contribution is -2.12. The predicted octanol–water partition coefficient (Wildman–Crippen LogP) is 2.78. The second-order valence-corrected chi connectivity index (χ2v) is 3.94. The molecule has 18 heavy (non-hydrogen) atoms. The number of carbonyl (C=O) groups is 1. The molecule has 92 valence electrons. The normalized spacial score (nSPS) is 10.1. The minimum Gasteiger partial charge on any atom is -0.505 e. The first-order valence-electron chi connectivity index (χ1n) is 5.30. The Kier molecular flexibility index (Phi) is 3.79. The van der Waals surface area contributed by atoms with Crippen LogP contribution >= 0.6 is 11.6 Å². The maximum atomic E-state index is 11.9. The third-order valence-electron chi connectivity index (χ3n) is 2.41. The number of anilines is 1. The van der Waals surface area contributed by atoms with Crippen LogP contribution in [0.15, 0.2) is 42.7 Å². The maximum absolute atomic E-state index is 11.9. The zero-order chi connectivity index (χ0) is 13.0. The first-order chi connectivity index (χ1) is 8.70. The molecule has 4 nitrogen and oxygen atoms in total. The maximum Gasteiger partial charge on any atom is 0.259 e. The minimum absolute atomic E-state index is 0.146. The Balaban J connectivity index is 2.14. The van der Waals surface area contributed by atoms with E-state index in [-0.39, 0.29) is 17.2 Å². The van der Waals surface area contributed by atoms with Crippen molar-refractivity contribution in [2.24, 2.45) is 0 Å². The summed E-state index contributed by atoms with van der Waals surface area (Å²) in [5.74, 6) is -0.0970. The highest BCUT2D eigenvalue weighted by atomic mass is 35.5. The molecule has 1 amide bonds. The van der Waals surface area contributed by atoms with E-state index in [1.54, 1.807) is 12.1 Å². The highest BCUT2D eigenvalue weighted by Crippen LogP contribution is 2.17. The van der Waals surface area contributed by atoms with Crippen molar-refractivity contribution in [1.82, 2.24) is 4.98 Å². The SMILES string of the molecule is O=C(Nc1ccc(CCl)cc1)c1ccncc1O. The molecule has 0 atom stereocenters. The van der Waals surface area contributed by atoms with Gasteiger partial charge in [-0.25, -0.2) is 0 Å². The summed E-state index contributed by atoms with van der Waals surface area (Å²) in [6.07, 6.45) is 2.68. The highest BCUT2D eigenvalue weighted by Gasteiger charge is 2.10. The number of benzene rings is 1. The molecule has 0 spiro atoms. The van der Waals surface area contributed by atoms with Crippen molar-refractivity contribution in [3.05, 3.63) is 53.9 Å². The zero-order valence-corrected chi connectivity index (χ0v) is 10.2. The van der Waals surface area contributed by atoms with Crippen LogP contribution in [-0.4, -0.2) is 16.0 Å². The molecule has 0 saturated carbocycles. The number of halogens is 1. The summed E-state index contributed by atoms with van der Waals surface area (Å²) in [5.41, 5.74) is 1.80. The Hall–Kier alpha value is -2.07. The number of hydrogen-bond acceptors (Lipinski definition) is 3. The Morgan fingerprint density at radius 3 is 2.61 bits per heavy atom. The fourth-order valence-corrected chi connectivity index (χ4v) is 1.63. The molecule has 0 unspecified atom stereocenters.